The average molecular weight is 383 g/mol. The third kappa shape index (κ3) is 2.98. The molecule has 2 N–H and O–H groups in total. The van der Waals surface area contributed by atoms with E-state index >= 15 is 0 Å². The lowest BCUT2D eigenvalue weighted by molar-refractivity contribution is -0.277. The molecule has 0 unspecified atom stereocenters. The van der Waals surface area contributed by atoms with Crippen molar-refractivity contribution in [2.45, 2.75) is 43.9 Å². The van der Waals surface area contributed by atoms with Crippen LogP contribution in [0.2, 0.25) is 0 Å². The lowest BCUT2D eigenvalue weighted by atomic mass is 9.74. The smallest absolute Gasteiger partial charge is 0.419 e. The van der Waals surface area contributed by atoms with E-state index in [9.17, 15) is 18.3 Å². The number of aliphatic hydroxyl groups excluding tert-OH is 1. The summed E-state index contributed by atoms with van der Waals surface area (Å²) in [6.45, 7) is 2.30. The first-order valence-electron chi connectivity index (χ1n) is 6.86. The minimum Gasteiger partial charge on any atom is -0.493 e. The summed E-state index contributed by atoms with van der Waals surface area (Å²) >= 11 is 3.36. The van der Waals surface area contributed by atoms with Crippen LogP contribution in [0.25, 0.3) is 0 Å². The molecule has 1 aliphatic rings. The average Bonchev–Trinajstić information content (AvgIpc) is 2.84. The topological polar surface area (TPSA) is 49.7 Å². The summed E-state index contributed by atoms with van der Waals surface area (Å²) in [7, 11) is 0. The van der Waals surface area contributed by atoms with Crippen molar-refractivity contribution in [2.75, 3.05) is 13.2 Å². The van der Waals surface area contributed by atoms with E-state index in [1.54, 1.807) is 19.9 Å². The summed E-state index contributed by atoms with van der Waals surface area (Å²) in [6.07, 6.45) is -4.88. The highest BCUT2D eigenvalue weighted by Gasteiger charge is 2.56. The molecule has 0 saturated carbocycles. The number of rotatable bonds is 4. The Bertz CT molecular complexity index is 572. The maximum atomic E-state index is 13.1. The molecule has 1 aliphatic heterocycles. The number of benzene rings is 1. The highest BCUT2D eigenvalue weighted by atomic mass is 79.9. The third-order valence-electron chi connectivity index (χ3n) is 4.01. The van der Waals surface area contributed by atoms with Crippen molar-refractivity contribution in [1.82, 2.24) is 0 Å². The van der Waals surface area contributed by atoms with E-state index in [-0.39, 0.29) is 0 Å². The van der Waals surface area contributed by atoms with Crippen LogP contribution in [0.3, 0.4) is 0 Å². The van der Waals surface area contributed by atoms with Crippen molar-refractivity contribution in [1.29, 1.82) is 0 Å². The molecule has 22 heavy (non-hydrogen) atoms. The molecule has 0 spiro atoms. The molecule has 0 fully saturated rings. The van der Waals surface area contributed by atoms with Crippen molar-refractivity contribution in [2.24, 2.45) is 0 Å². The molecule has 0 bridgehead atoms. The summed E-state index contributed by atoms with van der Waals surface area (Å²) in [6, 6.07) is 3.64. The molecule has 0 aliphatic carbocycles. The first-order chi connectivity index (χ1) is 10.0. The Morgan fingerprint density at radius 3 is 2.45 bits per heavy atom. The second-order valence-electron chi connectivity index (χ2n) is 6.26. The highest BCUT2D eigenvalue weighted by molar-refractivity contribution is 9.10. The molecule has 2 rings (SSSR count). The quantitative estimate of drug-likeness (QED) is 0.839. The predicted octanol–water partition coefficient (Wildman–Crippen LogP) is 3.34. The van der Waals surface area contributed by atoms with Gasteiger partial charge in [0.1, 0.15) is 5.75 Å². The molecule has 3 nitrogen and oxygen atoms in total. The minimum atomic E-state index is -4.91. The minimum absolute atomic E-state index is 0.485. The molecule has 0 saturated heterocycles. The number of ether oxygens (including phenoxy) is 1. The van der Waals surface area contributed by atoms with Crippen molar-refractivity contribution in [3.63, 3.8) is 0 Å². The van der Waals surface area contributed by atoms with Crippen molar-refractivity contribution in [3.05, 3.63) is 27.7 Å². The van der Waals surface area contributed by atoms with Crippen LogP contribution in [0, 0.1) is 0 Å². The van der Waals surface area contributed by atoms with Crippen molar-refractivity contribution >= 4 is 15.9 Å². The number of fused-ring (bicyclic) bond motifs is 1. The zero-order valence-corrected chi connectivity index (χ0v) is 13.9. The van der Waals surface area contributed by atoms with Crippen LogP contribution in [0.15, 0.2) is 16.6 Å². The van der Waals surface area contributed by atoms with Gasteiger partial charge in [0.05, 0.1) is 13.2 Å². The van der Waals surface area contributed by atoms with Crippen LogP contribution in [-0.2, 0) is 11.8 Å². The fourth-order valence-corrected chi connectivity index (χ4v) is 3.77. The van der Waals surface area contributed by atoms with Crippen LogP contribution in [0.4, 0.5) is 13.2 Å². The van der Waals surface area contributed by atoms with Gasteiger partial charge in [-0.2, -0.15) is 13.2 Å². The fourth-order valence-electron chi connectivity index (χ4n) is 2.92. The summed E-state index contributed by atoms with van der Waals surface area (Å²) in [5.74, 6) is 0.571. The van der Waals surface area contributed by atoms with Gasteiger partial charge in [0.2, 0.25) is 0 Å². The van der Waals surface area contributed by atoms with E-state index in [4.69, 9.17) is 9.84 Å². The number of hydrogen-bond acceptors (Lipinski definition) is 3. The molecule has 124 valence electrons. The lowest BCUT2D eigenvalue weighted by Crippen LogP contribution is -2.52. The number of alkyl halides is 3. The van der Waals surface area contributed by atoms with E-state index in [2.05, 4.69) is 15.9 Å². The Morgan fingerprint density at radius 1 is 1.27 bits per heavy atom. The Hall–Kier alpha value is -0.790. The zero-order valence-electron chi connectivity index (χ0n) is 12.3. The summed E-state index contributed by atoms with van der Waals surface area (Å²) in [4.78, 5) is 0. The first kappa shape index (κ1) is 17.6. The molecular formula is C15H18BrF3O3. The summed E-state index contributed by atoms with van der Waals surface area (Å²) in [5, 5.41) is 18.9. The van der Waals surface area contributed by atoms with Gasteiger partial charge in [-0.05, 0) is 23.5 Å². The van der Waals surface area contributed by atoms with E-state index < -0.39 is 30.2 Å². The van der Waals surface area contributed by atoms with Crippen molar-refractivity contribution in [3.8, 4) is 5.75 Å². The molecule has 1 atom stereocenters. The first-order valence-corrected chi connectivity index (χ1v) is 7.66. The molecule has 1 aromatic carbocycles. The van der Waals surface area contributed by atoms with E-state index in [0.29, 0.717) is 28.8 Å². The van der Waals surface area contributed by atoms with E-state index in [1.165, 1.54) is 0 Å². The van der Waals surface area contributed by atoms with Gasteiger partial charge in [0.25, 0.3) is 0 Å². The summed E-state index contributed by atoms with van der Waals surface area (Å²) < 4.78 is 45.4. The molecule has 1 heterocycles. The molecule has 0 radical (unpaired) electrons. The Morgan fingerprint density at radius 2 is 1.91 bits per heavy atom. The van der Waals surface area contributed by atoms with Gasteiger partial charge in [-0.15, -0.1) is 0 Å². The maximum Gasteiger partial charge on any atom is 0.419 e. The summed E-state index contributed by atoms with van der Waals surface area (Å²) in [5.41, 5.74) is -2.69. The van der Waals surface area contributed by atoms with Gasteiger partial charge in [-0.1, -0.05) is 35.8 Å². The van der Waals surface area contributed by atoms with Crippen molar-refractivity contribution < 1.29 is 28.1 Å². The van der Waals surface area contributed by atoms with Gasteiger partial charge >= 0.3 is 6.18 Å². The standard InChI is InChI=1S/C15H18BrF3O3/c1-13(2,7-14(21,8-20)15(17,18)19)11-10(16)4-3-9-5-6-22-12(9)11/h3-4,20-21H,5-8H2,1-2H3/t14-/m1/s1. The van der Waals surface area contributed by atoms with Crippen LogP contribution in [0.1, 0.15) is 31.4 Å². The van der Waals surface area contributed by atoms with Gasteiger partial charge < -0.3 is 14.9 Å². The number of aliphatic hydroxyl groups is 2. The van der Waals surface area contributed by atoms with Crippen LogP contribution in [0.5, 0.6) is 5.75 Å². The van der Waals surface area contributed by atoms with Crippen LogP contribution < -0.4 is 4.74 Å². The van der Waals surface area contributed by atoms with E-state index in [0.717, 1.165) is 5.56 Å². The SMILES string of the molecule is CC(C)(C[C@@](O)(CO)C(F)(F)F)c1c(Br)ccc2c1OCC2. The second kappa shape index (κ2) is 5.69. The lowest BCUT2D eigenvalue weighted by Gasteiger charge is -2.37. The molecular weight excluding hydrogens is 365 g/mol. The highest BCUT2D eigenvalue weighted by Crippen LogP contribution is 2.47. The zero-order chi connectivity index (χ0) is 16.8. The second-order valence-corrected chi connectivity index (χ2v) is 7.11. The van der Waals surface area contributed by atoms with E-state index in [1.807, 2.05) is 6.07 Å². The maximum absolute atomic E-state index is 13.1. The molecule has 0 aromatic heterocycles. The van der Waals surface area contributed by atoms with Gasteiger partial charge in [0, 0.05) is 16.5 Å². The normalized spacial score (nSPS) is 17.8. The Labute approximate surface area is 135 Å². The van der Waals surface area contributed by atoms with Gasteiger partial charge in [-0.25, -0.2) is 0 Å². The Kier molecular flexibility index (Phi) is 4.54. The number of halogens is 4. The predicted molar refractivity (Wildman–Crippen MR) is 79.1 cm³/mol. The van der Waals surface area contributed by atoms with Gasteiger partial charge in [0.15, 0.2) is 5.60 Å². The number of hydrogen-bond donors (Lipinski definition) is 2. The fraction of sp³-hybridized carbons (Fsp3) is 0.600. The molecule has 1 aromatic rings. The molecule has 7 heteroatoms. The van der Waals surface area contributed by atoms with Crippen LogP contribution >= 0.6 is 15.9 Å². The van der Waals surface area contributed by atoms with Gasteiger partial charge in [-0.3, -0.25) is 0 Å². The molecule has 0 amide bonds. The third-order valence-corrected chi connectivity index (χ3v) is 4.67. The monoisotopic (exact) mass is 382 g/mol. The largest absolute Gasteiger partial charge is 0.493 e. The van der Waals surface area contributed by atoms with Crippen LogP contribution in [-0.4, -0.2) is 35.2 Å². The Balaban J connectivity index is 2.46.